The normalized spacial score (nSPS) is 12.9. The second-order valence-electron chi connectivity index (χ2n) is 4.74. The topological polar surface area (TPSA) is 67.4 Å². The molecule has 8 heteroatoms. The predicted molar refractivity (Wildman–Crippen MR) is 79.9 cm³/mol. The average Bonchev–Trinajstić information content (AvgIpc) is 2.48. The summed E-state index contributed by atoms with van der Waals surface area (Å²) in [5.74, 6) is -2.55. The molecule has 0 fully saturated rings. The van der Waals surface area contributed by atoms with Crippen molar-refractivity contribution in [3.8, 4) is 5.75 Å². The van der Waals surface area contributed by atoms with Gasteiger partial charge in [-0.05, 0) is 18.2 Å². The molecule has 0 bridgehead atoms. The number of rotatable bonds is 2. The van der Waals surface area contributed by atoms with Gasteiger partial charge in [0, 0.05) is 12.1 Å². The summed E-state index contributed by atoms with van der Waals surface area (Å²) in [4.78, 5) is 23.3. The molecule has 2 aromatic carbocycles. The van der Waals surface area contributed by atoms with Gasteiger partial charge in [-0.15, -0.1) is 0 Å². The van der Waals surface area contributed by atoms with Crippen LogP contribution in [0.2, 0.25) is 5.02 Å². The van der Waals surface area contributed by atoms with Gasteiger partial charge in [0.1, 0.15) is 17.4 Å². The van der Waals surface area contributed by atoms with Crippen molar-refractivity contribution in [1.29, 1.82) is 0 Å². The summed E-state index contributed by atoms with van der Waals surface area (Å²) >= 11 is 6.03. The zero-order valence-electron chi connectivity index (χ0n) is 11.5. The van der Waals surface area contributed by atoms with Gasteiger partial charge in [0.15, 0.2) is 6.61 Å². The molecule has 0 saturated heterocycles. The van der Waals surface area contributed by atoms with E-state index in [9.17, 15) is 18.4 Å². The third-order valence-corrected chi connectivity index (χ3v) is 3.44. The van der Waals surface area contributed by atoms with Crippen LogP contribution in [0.3, 0.4) is 0 Å². The van der Waals surface area contributed by atoms with Crippen LogP contribution in [0.5, 0.6) is 5.75 Å². The van der Waals surface area contributed by atoms with Crippen LogP contribution in [-0.2, 0) is 4.79 Å². The van der Waals surface area contributed by atoms with Crippen LogP contribution >= 0.6 is 11.6 Å². The number of ether oxygens (including phenoxy) is 1. The minimum absolute atomic E-state index is 0.130. The van der Waals surface area contributed by atoms with Crippen LogP contribution in [0.4, 0.5) is 20.2 Å². The number of fused-ring (bicyclic) bond motifs is 1. The molecule has 5 nitrogen and oxygen atoms in total. The largest absolute Gasteiger partial charge is 0.482 e. The quantitative estimate of drug-likeness (QED) is 0.883. The summed E-state index contributed by atoms with van der Waals surface area (Å²) in [5.41, 5.74) is 0.224. The maximum absolute atomic E-state index is 13.6. The first-order chi connectivity index (χ1) is 10.9. The molecular weight excluding hydrogens is 330 g/mol. The monoisotopic (exact) mass is 338 g/mol. The molecule has 2 amide bonds. The smallest absolute Gasteiger partial charge is 0.262 e. The van der Waals surface area contributed by atoms with Gasteiger partial charge in [-0.3, -0.25) is 9.59 Å². The average molecular weight is 339 g/mol. The van der Waals surface area contributed by atoms with Crippen molar-refractivity contribution in [2.24, 2.45) is 0 Å². The van der Waals surface area contributed by atoms with Crippen molar-refractivity contribution in [2.75, 3.05) is 17.2 Å². The van der Waals surface area contributed by atoms with Crippen molar-refractivity contribution < 1.29 is 23.1 Å². The lowest BCUT2D eigenvalue weighted by molar-refractivity contribution is -0.118. The Balaban J connectivity index is 1.88. The molecule has 0 radical (unpaired) electrons. The first-order valence-corrected chi connectivity index (χ1v) is 6.84. The molecule has 3 rings (SSSR count). The van der Waals surface area contributed by atoms with E-state index in [1.165, 1.54) is 12.1 Å². The first-order valence-electron chi connectivity index (χ1n) is 6.46. The lowest BCUT2D eigenvalue weighted by Crippen LogP contribution is -2.25. The van der Waals surface area contributed by atoms with Gasteiger partial charge in [-0.1, -0.05) is 11.6 Å². The second kappa shape index (κ2) is 5.85. The molecule has 0 spiro atoms. The van der Waals surface area contributed by atoms with Gasteiger partial charge < -0.3 is 15.4 Å². The Morgan fingerprint density at radius 2 is 2.04 bits per heavy atom. The van der Waals surface area contributed by atoms with Crippen LogP contribution in [0, 0.1) is 11.6 Å². The highest BCUT2D eigenvalue weighted by molar-refractivity contribution is 6.34. The van der Waals surface area contributed by atoms with Crippen LogP contribution in [0.25, 0.3) is 0 Å². The Bertz CT molecular complexity index is 827. The SMILES string of the molecule is O=C1COc2cc(NC(=O)c3ccc(F)cc3F)c(Cl)cc2N1. The summed E-state index contributed by atoms with van der Waals surface area (Å²) in [6.07, 6.45) is 0. The van der Waals surface area contributed by atoms with Gasteiger partial charge in [0.2, 0.25) is 0 Å². The van der Waals surface area contributed by atoms with Gasteiger partial charge in [0.25, 0.3) is 11.8 Å². The number of nitrogens with one attached hydrogen (secondary N) is 2. The Morgan fingerprint density at radius 3 is 2.78 bits per heavy atom. The summed E-state index contributed by atoms with van der Waals surface area (Å²) in [5, 5.41) is 5.12. The van der Waals surface area contributed by atoms with E-state index in [1.807, 2.05) is 0 Å². The van der Waals surface area contributed by atoms with Gasteiger partial charge >= 0.3 is 0 Å². The van der Waals surface area contributed by atoms with E-state index in [0.29, 0.717) is 17.5 Å². The minimum atomic E-state index is -0.986. The Hall–Kier alpha value is -2.67. The van der Waals surface area contributed by atoms with E-state index in [2.05, 4.69) is 10.6 Å². The van der Waals surface area contributed by atoms with E-state index in [1.54, 1.807) is 0 Å². The number of hydrogen-bond acceptors (Lipinski definition) is 3. The molecule has 23 heavy (non-hydrogen) atoms. The lowest BCUT2D eigenvalue weighted by Gasteiger charge is -2.19. The third kappa shape index (κ3) is 3.09. The summed E-state index contributed by atoms with van der Waals surface area (Å²) in [6, 6.07) is 5.44. The number of carbonyl (C=O) groups is 2. The number of halogens is 3. The minimum Gasteiger partial charge on any atom is -0.482 e. The van der Waals surface area contributed by atoms with Crippen LogP contribution in [-0.4, -0.2) is 18.4 Å². The summed E-state index contributed by atoms with van der Waals surface area (Å²) < 4.78 is 31.7. The maximum Gasteiger partial charge on any atom is 0.262 e. The molecule has 118 valence electrons. The Kier molecular flexibility index (Phi) is 3.87. The maximum atomic E-state index is 13.6. The number of hydrogen-bond donors (Lipinski definition) is 2. The summed E-state index contributed by atoms with van der Waals surface area (Å²) in [7, 11) is 0. The van der Waals surface area contributed by atoms with Crippen molar-refractivity contribution >= 4 is 34.8 Å². The lowest BCUT2D eigenvalue weighted by atomic mass is 10.1. The van der Waals surface area contributed by atoms with Crippen LogP contribution in [0.15, 0.2) is 30.3 Å². The molecule has 0 atom stereocenters. The fraction of sp³-hybridized carbons (Fsp3) is 0.0667. The molecule has 2 aromatic rings. The highest BCUT2D eigenvalue weighted by Gasteiger charge is 2.20. The third-order valence-electron chi connectivity index (χ3n) is 3.13. The number of anilines is 2. The standard InChI is InChI=1S/C15H9ClF2N2O3/c16-9-4-12-13(23-6-14(21)19-12)5-11(9)20-15(22)8-2-1-7(17)3-10(8)18/h1-5H,6H2,(H,19,21)(H,20,22). The second-order valence-corrected chi connectivity index (χ2v) is 5.15. The van der Waals surface area contributed by atoms with Crippen molar-refractivity contribution in [3.63, 3.8) is 0 Å². The number of amides is 2. The molecule has 1 heterocycles. The zero-order valence-corrected chi connectivity index (χ0v) is 12.2. The molecule has 1 aliphatic heterocycles. The van der Waals surface area contributed by atoms with E-state index in [0.717, 1.165) is 12.1 Å². The van der Waals surface area contributed by atoms with E-state index in [-0.39, 0.29) is 28.8 Å². The molecule has 0 aromatic heterocycles. The zero-order chi connectivity index (χ0) is 16.6. The van der Waals surface area contributed by atoms with Crippen molar-refractivity contribution in [2.45, 2.75) is 0 Å². The highest BCUT2D eigenvalue weighted by atomic mass is 35.5. The van der Waals surface area contributed by atoms with Crippen LogP contribution < -0.4 is 15.4 Å². The number of benzene rings is 2. The van der Waals surface area contributed by atoms with Gasteiger partial charge in [0.05, 0.1) is 22.0 Å². The van der Waals surface area contributed by atoms with Crippen molar-refractivity contribution in [1.82, 2.24) is 0 Å². The molecule has 0 saturated carbocycles. The van der Waals surface area contributed by atoms with E-state index < -0.39 is 17.5 Å². The molecule has 0 unspecified atom stereocenters. The predicted octanol–water partition coefficient (Wildman–Crippen LogP) is 3.20. The molecule has 0 aliphatic carbocycles. The van der Waals surface area contributed by atoms with Crippen molar-refractivity contribution in [3.05, 3.63) is 52.6 Å². The van der Waals surface area contributed by atoms with Gasteiger partial charge in [-0.2, -0.15) is 0 Å². The van der Waals surface area contributed by atoms with Crippen LogP contribution in [0.1, 0.15) is 10.4 Å². The molecular formula is C15H9ClF2N2O3. The number of carbonyl (C=O) groups excluding carboxylic acids is 2. The Morgan fingerprint density at radius 1 is 1.26 bits per heavy atom. The van der Waals surface area contributed by atoms with E-state index in [4.69, 9.17) is 16.3 Å². The summed E-state index contributed by atoms with van der Waals surface area (Å²) in [6.45, 7) is -0.158. The molecule has 2 N–H and O–H groups in total. The van der Waals surface area contributed by atoms with Gasteiger partial charge in [-0.25, -0.2) is 8.78 Å². The fourth-order valence-electron chi connectivity index (χ4n) is 2.06. The molecule has 1 aliphatic rings. The first kappa shape index (κ1) is 15.2. The van der Waals surface area contributed by atoms with E-state index >= 15 is 0 Å². The fourth-order valence-corrected chi connectivity index (χ4v) is 2.27. The Labute approximate surface area is 134 Å². The highest BCUT2D eigenvalue weighted by Crippen LogP contribution is 2.36.